The fraction of sp³-hybridized carbons (Fsp3) is 0.333. The first-order valence-corrected chi connectivity index (χ1v) is 12.7. The minimum Gasteiger partial charge on any atom is -0.448 e. The SMILES string of the molecule is O=C(c1ccccc1C(F)(F)F)C1CC2CCC(C1)N2C(=O)OCC1c2ccccc2-c2ccccc21. The lowest BCUT2D eigenvalue weighted by atomic mass is 9.83. The van der Waals surface area contributed by atoms with Gasteiger partial charge in [-0.25, -0.2) is 4.79 Å². The molecule has 190 valence electrons. The Balaban J connectivity index is 1.15. The summed E-state index contributed by atoms with van der Waals surface area (Å²) in [4.78, 5) is 28.1. The van der Waals surface area contributed by atoms with Gasteiger partial charge in [-0.15, -0.1) is 0 Å². The predicted octanol–water partition coefficient (Wildman–Crippen LogP) is 7.08. The van der Waals surface area contributed by atoms with Gasteiger partial charge in [0.15, 0.2) is 5.78 Å². The average molecular weight is 506 g/mol. The van der Waals surface area contributed by atoms with E-state index in [-0.39, 0.29) is 30.2 Å². The number of ether oxygens (including phenoxy) is 1. The molecule has 6 rings (SSSR count). The van der Waals surface area contributed by atoms with Crippen LogP contribution in [0.1, 0.15) is 58.6 Å². The van der Waals surface area contributed by atoms with Crippen LogP contribution in [0, 0.1) is 5.92 Å². The van der Waals surface area contributed by atoms with E-state index in [0.29, 0.717) is 12.8 Å². The van der Waals surface area contributed by atoms with Crippen LogP contribution in [-0.2, 0) is 10.9 Å². The Morgan fingerprint density at radius 2 is 1.35 bits per heavy atom. The summed E-state index contributed by atoms with van der Waals surface area (Å²) in [6.45, 7) is 0.212. The highest BCUT2D eigenvalue weighted by Crippen LogP contribution is 2.45. The van der Waals surface area contributed by atoms with Gasteiger partial charge >= 0.3 is 12.3 Å². The molecule has 2 bridgehead atoms. The van der Waals surface area contributed by atoms with Crippen molar-refractivity contribution >= 4 is 11.9 Å². The van der Waals surface area contributed by atoms with Gasteiger partial charge in [0.05, 0.1) is 5.56 Å². The number of fused-ring (bicyclic) bond motifs is 5. The summed E-state index contributed by atoms with van der Waals surface area (Å²) in [5.74, 6) is -1.08. The summed E-state index contributed by atoms with van der Waals surface area (Å²) < 4.78 is 46.3. The van der Waals surface area contributed by atoms with Crippen LogP contribution in [0.5, 0.6) is 0 Å². The summed E-state index contributed by atoms with van der Waals surface area (Å²) in [5.41, 5.74) is 3.38. The molecular formula is C30H26F3NO3. The van der Waals surface area contributed by atoms with Crippen LogP contribution in [0.25, 0.3) is 11.1 Å². The summed E-state index contributed by atoms with van der Waals surface area (Å²) >= 11 is 0. The number of hydrogen-bond acceptors (Lipinski definition) is 3. The molecule has 0 radical (unpaired) electrons. The minimum absolute atomic E-state index is 0.0491. The molecule has 1 aliphatic carbocycles. The van der Waals surface area contributed by atoms with E-state index in [9.17, 15) is 22.8 Å². The zero-order valence-corrected chi connectivity index (χ0v) is 20.1. The number of ketones is 1. The largest absolute Gasteiger partial charge is 0.448 e. The zero-order valence-electron chi connectivity index (χ0n) is 20.1. The van der Waals surface area contributed by atoms with E-state index in [1.54, 1.807) is 4.90 Å². The molecule has 2 unspecified atom stereocenters. The third-order valence-corrected chi connectivity index (χ3v) is 8.15. The Morgan fingerprint density at radius 3 is 1.95 bits per heavy atom. The van der Waals surface area contributed by atoms with Crippen molar-refractivity contribution in [1.29, 1.82) is 0 Å². The topological polar surface area (TPSA) is 46.6 Å². The van der Waals surface area contributed by atoms with Crippen molar-refractivity contribution in [3.63, 3.8) is 0 Å². The monoisotopic (exact) mass is 505 g/mol. The second kappa shape index (κ2) is 9.05. The zero-order chi connectivity index (χ0) is 25.7. The van der Waals surface area contributed by atoms with Gasteiger partial charge in [-0.1, -0.05) is 66.7 Å². The van der Waals surface area contributed by atoms with E-state index in [1.807, 2.05) is 24.3 Å². The van der Waals surface area contributed by atoms with E-state index in [0.717, 1.165) is 41.2 Å². The highest BCUT2D eigenvalue weighted by Gasteiger charge is 2.47. The number of carbonyl (C=O) groups is 2. The molecular weight excluding hydrogens is 479 g/mol. The van der Waals surface area contributed by atoms with Crippen molar-refractivity contribution in [2.75, 3.05) is 6.61 Å². The van der Waals surface area contributed by atoms with Gasteiger partial charge in [0.1, 0.15) is 6.61 Å². The van der Waals surface area contributed by atoms with Crippen LogP contribution in [0.4, 0.5) is 18.0 Å². The van der Waals surface area contributed by atoms with Crippen molar-refractivity contribution in [3.05, 3.63) is 95.1 Å². The number of carbonyl (C=O) groups excluding carboxylic acids is 2. The Hall–Kier alpha value is -3.61. The minimum atomic E-state index is -4.59. The van der Waals surface area contributed by atoms with Crippen molar-refractivity contribution in [1.82, 2.24) is 4.90 Å². The lowest BCUT2D eigenvalue weighted by molar-refractivity contribution is -0.138. The molecule has 4 nitrogen and oxygen atoms in total. The Kier molecular flexibility index (Phi) is 5.81. The fourth-order valence-electron chi connectivity index (χ4n) is 6.52. The lowest BCUT2D eigenvalue weighted by Crippen LogP contribution is -2.48. The first-order chi connectivity index (χ1) is 17.8. The quantitative estimate of drug-likeness (QED) is 0.356. The number of piperidine rings is 1. The molecule has 7 heteroatoms. The molecule has 3 aromatic rings. The number of rotatable bonds is 4. The van der Waals surface area contributed by atoms with Gasteiger partial charge in [-0.05, 0) is 54.0 Å². The van der Waals surface area contributed by atoms with Crippen molar-refractivity contribution in [2.45, 2.75) is 49.9 Å². The molecule has 2 aliphatic heterocycles. The van der Waals surface area contributed by atoms with Gasteiger partial charge in [0.2, 0.25) is 0 Å². The third kappa shape index (κ3) is 4.10. The van der Waals surface area contributed by atoms with Crippen LogP contribution in [0.15, 0.2) is 72.8 Å². The number of amides is 1. The van der Waals surface area contributed by atoms with E-state index in [1.165, 1.54) is 18.2 Å². The molecule has 2 saturated heterocycles. The number of hydrogen-bond donors (Lipinski definition) is 0. The average Bonchev–Trinajstić information content (AvgIpc) is 3.36. The molecule has 1 amide bonds. The fourth-order valence-corrected chi connectivity index (χ4v) is 6.52. The maximum Gasteiger partial charge on any atom is 0.417 e. The Bertz CT molecular complexity index is 1310. The van der Waals surface area contributed by atoms with Crippen LogP contribution in [-0.4, -0.2) is 35.5 Å². The molecule has 37 heavy (non-hydrogen) atoms. The van der Waals surface area contributed by atoms with Crippen LogP contribution < -0.4 is 0 Å². The Morgan fingerprint density at radius 1 is 0.811 bits per heavy atom. The van der Waals surface area contributed by atoms with Crippen LogP contribution in [0.3, 0.4) is 0 Å². The summed E-state index contributed by atoms with van der Waals surface area (Å²) in [5, 5.41) is 0. The van der Waals surface area contributed by atoms with Crippen LogP contribution >= 0.6 is 0 Å². The number of nitrogens with zero attached hydrogens (tertiary/aromatic N) is 1. The molecule has 2 fully saturated rings. The molecule has 0 aromatic heterocycles. The molecule has 0 saturated carbocycles. The molecule has 0 N–H and O–H groups in total. The molecule has 3 aliphatic rings. The third-order valence-electron chi connectivity index (χ3n) is 8.15. The Labute approximate surface area is 213 Å². The van der Waals surface area contributed by atoms with Gasteiger partial charge in [0.25, 0.3) is 0 Å². The highest BCUT2D eigenvalue weighted by atomic mass is 19.4. The number of halogens is 3. The van der Waals surface area contributed by atoms with Crippen molar-refractivity contribution in [3.8, 4) is 11.1 Å². The van der Waals surface area contributed by atoms with Crippen molar-refractivity contribution in [2.24, 2.45) is 5.92 Å². The maximum absolute atomic E-state index is 13.5. The predicted molar refractivity (Wildman–Crippen MR) is 132 cm³/mol. The lowest BCUT2D eigenvalue weighted by Gasteiger charge is -2.38. The summed E-state index contributed by atoms with van der Waals surface area (Å²) in [6.07, 6.45) is -2.85. The smallest absolute Gasteiger partial charge is 0.417 e. The van der Waals surface area contributed by atoms with Crippen molar-refractivity contribution < 1.29 is 27.5 Å². The summed E-state index contributed by atoms with van der Waals surface area (Å²) in [7, 11) is 0. The van der Waals surface area contributed by atoms with E-state index in [2.05, 4.69) is 24.3 Å². The highest BCUT2D eigenvalue weighted by molar-refractivity contribution is 5.99. The molecule has 3 aromatic carbocycles. The van der Waals surface area contributed by atoms with Gasteiger partial charge in [-0.2, -0.15) is 13.2 Å². The number of Topliss-reactive ketones (excluding diaryl/α,β-unsaturated/α-hetero) is 1. The first kappa shape index (κ1) is 23.8. The second-order valence-corrected chi connectivity index (χ2v) is 10.2. The van der Waals surface area contributed by atoms with E-state index < -0.39 is 29.5 Å². The van der Waals surface area contributed by atoms with Gasteiger partial charge < -0.3 is 9.64 Å². The first-order valence-electron chi connectivity index (χ1n) is 12.7. The normalized spacial score (nSPS) is 22.5. The second-order valence-electron chi connectivity index (χ2n) is 10.2. The van der Waals surface area contributed by atoms with Crippen LogP contribution in [0.2, 0.25) is 0 Å². The number of alkyl halides is 3. The number of benzene rings is 3. The molecule has 2 heterocycles. The van der Waals surface area contributed by atoms with Gasteiger partial charge in [0, 0.05) is 29.5 Å². The van der Waals surface area contributed by atoms with Gasteiger partial charge in [-0.3, -0.25) is 4.79 Å². The standard InChI is InChI=1S/C30H26F3NO3/c31-30(32,33)27-12-6-5-11-25(27)28(35)18-15-19-13-14-20(16-18)34(19)29(36)37-17-26-23-9-3-1-7-21(23)22-8-2-4-10-24(22)26/h1-12,18-20,26H,13-17H2. The van der Waals surface area contributed by atoms with E-state index in [4.69, 9.17) is 4.74 Å². The molecule has 2 atom stereocenters. The summed E-state index contributed by atoms with van der Waals surface area (Å²) in [6, 6.07) is 20.8. The van der Waals surface area contributed by atoms with E-state index >= 15 is 0 Å². The maximum atomic E-state index is 13.5. The molecule has 0 spiro atoms.